The van der Waals surface area contributed by atoms with Crippen LogP contribution in [-0.2, 0) is 6.54 Å². The SMILES string of the molecule is CC1=C(c2nc(-c3cccc(C)c3)no2)C(c2ccc(C)cc2)NC(=O)N1Cc1cccc(C)c1. The zero-order valence-corrected chi connectivity index (χ0v) is 20.4. The fourth-order valence-electron chi connectivity index (χ4n) is 4.49. The van der Waals surface area contributed by atoms with Crippen molar-refractivity contribution in [2.45, 2.75) is 40.3 Å². The topological polar surface area (TPSA) is 71.3 Å². The van der Waals surface area contributed by atoms with E-state index in [1.165, 1.54) is 0 Å². The van der Waals surface area contributed by atoms with Gasteiger partial charge in [-0.3, -0.25) is 4.90 Å². The minimum absolute atomic E-state index is 0.156. The predicted molar refractivity (Wildman–Crippen MR) is 136 cm³/mol. The number of carbonyl (C=O) groups is 1. The summed E-state index contributed by atoms with van der Waals surface area (Å²) in [5.41, 5.74) is 7.92. The van der Waals surface area contributed by atoms with Gasteiger partial charge >= 0.3 is 6.03 Å². The molecule has 2 heterocycles. The van der Waals surface area contributed by atoms with E-state index in [4.69, 9.17) is 9.51 Å². The maximum atomic E-state index is 13.3. The Morgan fingerprint density at radius 3 is 2.31 bits per heavy atom. The molecule has 4 aromatic rings. The molecule has 6 heteroatoms. The summed E-state index contributed by atoms with van der Waals surface area (Å²) in [7, 11) is 0. The molecular formula is C29H28N4O2. The first-order valence-corrected chi connectivity index (χ1v) is 11.7. The first-order valence-electron chi connectivity index (χ1n) is 11.7. The molecule has 35 heavy (non-hydrogen) atoms. The van der Waals surface area contributed by atoms with Crippen LogP contribution in [0.1, 0.15) is 46.7 Å². The number of hydrogen-bond donors (Lipinski definition) is 1. The summed E-state index contributed by atoms with van der Waals surface area (Å²) in [6, 6.07) is 23.8. The lowest BCUT2D eigenvalue weighted by molar-refractivity contribution is 0.203. The second-order valence-electron chi connectivity index (χ2n) is 9.16. The Labute approximate surface area is 205 Å². The molecule has 176 valence electrons. The molecule has 0 aliphatic carbocycles. The Balaban J connectivity index is 1.60. The Morgan fingerprint density at radius 1 is 0.886 bits per heavy atom. The molecule has 5 rings (SSSR count). The summed E-state index contributed by atoms with van der Waals surface area (Å²) in [4.78, 5) is 19.8. The molecule has 0 saturated carbocycles. The lowest BCUT2D eigenvalue weighted by Gasteiger charge is -2.35. The van der Waals surface area contributed by atoms with Crippen molar-refractivity contribution in [3.63, 3.8) is 0 Å². The average Bonchev–Trinajstić information content (AvgIpc) is 3.32. The van der Waals surface area contributed by atoms with Crippen molar-refractivity contribution < 1.29 is 9.32 Å². The third-order valence-corrected chi connectivity index (χ3v) is 6.36. The number of amides is 2. The minimum atomic E-state index is -0.400. The van der Waals surface area contributed by atoms with Gasteiger partial charge in [0.15, 0.2) is 0 Å². The van der Waals surface area contributed by atoms with E-state index in [2.05, 4.69) is 16.5 Å². The summed E-state index contributed by atoms with van der Waals surface area (Å²) in [5, 5.41) is 7.44. The van der Waals surface area contributed by atoms with Gasteiger partial charge in [-0.25, -0.2) is 4.79 Å². The van der Waals surface area contributed by atoms with Gasteiger partial charge in [0.25, 0.3) is 5.89 Å². The molecule has 0 fully saturated rings. The summed E-state index contributed by atoms with van der Waals surface area (Å²) < 4.78 is 5.80. The number of aryl methyl sites for hydroxylation is 3. The molecule has 1 aliphatic heterocycles. The highest BCUT2D eigenvalue weighted by molar-refractivity contribution is 5.86. The average molecular weight is 465 g/mol. The summed E-state index contributed by atoms with van der Waals surface area (Å²) in [6.45, 7) is 8.52. The largest absolute Gasteiger partial charge is 0.334 e. The molecule has 0 spiro atoms. The third-order valence-electron chi connectivity index (χ3n) is 6.36. The number of carbonyl (C=O) groups excluding carboxylic acids is 1. The van der Waals surface area contributed by atoms with E-state index in [1.54, 1.807) is 4.90 Å². The first-order chi connectivity index (χ1) is 16.9. The molecule has 0 bridgehead atoms. The van der Waals surface area contributed by atoms with Gasteiger partial charge in [0.05, 0.1) is 18.2 Å². The molecule has 0 radical (unpaired) electrons. The molecule has 6 nitrogen and oxygen atoms in total. The number of benzene rings is 3. The Hall–Kier alpha value is -4.19. The maximum Gasteiger partial charge on any atom is 0.322 e. The Bertz CT molecular complexity index is 1420. The number of aromatic nitrogens is 2. The van der Waals surface area contributed by atoms with Crippen LogP contribution >= 0.6 is 0 Å². The highest BCUT2D eigenvalue weighted by Crippen LogP contribution is 2.38. The monoisotopic (exact) mass is 464 g/mol. The van der Waals surface area contributed by atoms with Gasteiger partial charge in [-0.15, -0.1) is 0 Å². The molecule has 1 atom stereocenters. The normalized spacial score (nSPS) is 15.9. The quantitative estimate of drug-likeness (QED) is 0.373. The molecule has 1 aliphatic rings. The van der Waals surface area contributed by atoms with Crippen LogP contribution in [0, 0.1) is 20.8 Å². The van der Waals surface area contributed by atoms with Crippen molar-refractivity contribution in [2.75, 3.05) is 0 Å². The standard InChI is InChI=1S/C29H28N4O2/c1-18-11-13-23(14-12-18)26-25(28-31-27(32-35-28)24-10-6-8-20(3)16-24)21(4)33(29(34)30-26)17-22-9-5-7-19(2)15-22/h5-16,26H,17H2,1-4H3,(H,30,34). The van der Waals surface area contributed by atoms with Crippen molar-refractivity contribution >= 4 is 11.6 Å². The highest BCUT2D eigenvalue weighted by Gasteiger charge is 2.35. The van der Waals surface area contributed by atoms with Crippen LogP contribution in [0.25, 0.3) is 17.0 Å². The summed E-state index contributed by atoms with van der Waals surface area (Å²) >= 11 is 0. The maximum absolute atomic E-state index is 13.3. The van der Waals surface area contributed by atoms with Gasteiger partial charge in [-0.05, 0) is 44.9 Å². The molecule has 1 N–H and O–H groups in total. The highest BCUT2D eigenvalue weighted by atomic mass is 16.5. The third kappa shape index (κ3) is 4.60. The van der Waals surface area contributed by atoms with E-state index < -0.39 is 6.04 Å². The zero-order valence-electron chi connectivity index (χ0n) is 20.4. The van der Waals surface area contributed by atoms with Gasteiger partial charge in [-0.2, -0.15) is 4.98 Å². The second kappa shape index (κ2) is 9.22. The van der Waals surface area contributed by atoms with Gasteiger partial charge < -0.3 is 9.84 Å². The van der Waals surface area contributed by atoms with E-state index >= 15 is 0 Å². The number of hydrogen-bond acceptors (Lipinski definition) is 4. The van der Waals surface area contributed by atoms with Crippen LogP contribution in [0.4, 0.5) is 4.79 Å². The summed E-state index contributed by atoms with van der Waals surface area (Å²) in [5.74, 6) is 0.924. The van der Waals surface area contributed by atoms with Crippen LogP contribution in [0.5, 0.6) is 0 Å². The summed E-state index contributed by atoms with van der Waals surface area (Å²) in [6.07, 6.45) is 0. The second-order valence-corrected chi connectivity index (χ2v) is 9.16. The van der Waals surface area contributed by atoms with Gasteiger partial charge in [0.2, 0.25) is 5.82 Å². The molecule has 1 aromatic heterocycles. The number of rotatable bonds is 5. The van der Waals surface area contributed by atoms with E-state index in [1.807, 2.05) is 94.4 Å². The molecular weight excluding hydrogens is 436 g/mol. The van der Waals surface area contributed by atoms with Crippen LogP contribution in [0.3, 0.4) is 0 Å². The van der Waals surface area contributed by atoms with Crippen molar-refractivity contribution in [3.8, 4) is 11.4 Å². The first kappa shape index (κ1) is 22.6. The number of nitrogens with zero attached hydrogens (tertiary/aromatic N) is 3. The van der Waals surface area contributed by atoms with Crippen molar-refractivity contribution in [3.05, 3.63) is 112 Å². The molecule has 1 unspecified atom stereocenters. The minimum Gasteiger partial charge on any atom is -0.334 e. The number of nitrogens with one attached hydrogen (secondary N) is 1. The van der Waals surface area contributed by atoms with Crippen molar-refractivity contribution in [2.24, 2.45) is 0 Å². The fraction of sp³-hybridized carbons (Fsp3) is 0.207. The van der Waals surface area contributed by atoms with E-state index in [0.29, 0.717) is 18.3 Å². The van der Waals surface area contributed by atoms with E-state index in [-0.39, 0.29) is 6.03 Å². The van der Waals surface area contributed by atoms with Gasteiger partial charge in [0.1, 0.15) is 0 Å². The fourth-order valence-corrected chi connectivity index (χ4v) is 4.49. The van der Waals surface area contributed by atoms with Crippen LogP contribution in [-0.4, -0.2) is 21.1 Å². The van der Waals surface area contributed by atoms with Crippen molar-refractivity contribution in [1.82, 2.24) is 20.4 Å². The molecule has 2 amide bonds. The van der Waals surface area contributed by atoms with Crippen LogP contribution in [0.2, 0.25) is 0 Å². The number of allylic oxidation sites excluding steroid dienone is 1. The van der Waals surface area contributed by atoms with E-state index in [0.717, 1.165) is 44.7 Å². The zero-order chi connectivity index (χ0) is 24.5. The van der Waals surface area contributed by atoms with Crippen LogP contribution in [0.15, 0.2) is 83.0 Å². The van der Waals surface area contributed by atoms with E-state index in [9.17, 15) is 4.79 Å². The lowest BCUT2D eigenvalue weighted by Crippen LogP contribution is -2.45. The lowest BCUT2D eigenvalue weighted by atomic mass is 9.94. The van der Waals surface area contributed by atoms with Crippen molar-refractivity contribution in [1.29, 1.82) is 0 Å². The van der Waals surface area contributed by atoms with Gasteiger partial charge in [-0.1, -0.05) is 88.6 Å². The Morgan fingerprint density at radius 2 is 1.60 bits per heavy atom. The Kier molecular flexibility index (Phi) is 5.95. The van der Waals surface area contributed by atoms with Gasteiger partial charge in [0, 0.05) is 11.3 Å². The molecule has 3 aromatic carbocycles. The molecule has 0 saturated heterocycles. The smallest absolute Gasteiger partial charge is 0.322 e. The number of urea groups is 1. The van der Waals surface area contributed by atoms with Crippen LogP contribution < -0.4 is 5.32 Å². The predicted octanol–water partition coefficient (Wildman–Crippen LogP) is 6.36.